The summed E-state index contributed by atoms with van der Waals surface area (Å²) in [6.07, 6.45) is 3.46. The number of amides is 1. The summed E-state index contributed by atoms with van der Waals surface area (Å²) in [5.74, 6) is 1.17. The highest BCUT2D eigenvalue weighted by Gasteiger charge is 2.32. The van der Waals surface area contributed by atoms with E-state index in [2.05, 4.69) is 15.2 Å². The van der Waals surface area contributed by atoms with Crippen molar-refractivity contribution < 1.29 is 18.3 Å². The normalized spacial score (nSPS) is 16.9. The maximum atomic E-state index is 13.0. The van der Waals surface area contributed by atoms with E-state index in [9.17, 15) is 9.18 Å². The lowest BCUT2D eigenvalue weighted by atomic mass is 10.1. The number of halogens is 1. The molecule has 7 nitrogen and oxygen atoms in total. The van der Waals surface area contributed by atoms with Gasteiger partial charge in [-0.25, -0.2) is 4.39 Å². The molecular weight excluding hydrogens is 339 g/mol. The lowest BCUT2D eigenvalue weighted by Crippen LogP contribution is -2.18. The Balaban J connectivity index is 1.60. The van der Waals surface area contributed by atoms with Gasteiger partial charge in [-0.2, -0.15) is 0 Å². The van der Waals surface area contributed by atoms with Crippen molar-refractivity contribution in [3.63, 3.8) is 0 Å². The van der Waals surface area contributed by atoms with E-state index >= 15 is 0 Å². The number of likely N-dealkylation sites (tertiary alicyclic amines) is 1. The van der Waals surface area contributed by atoms with Gasteiger partial charge in [-0.15, -0.1) is 10.2 Å². The van der Waals surface area contributed by atoms with Crippen LogP contribution in [0.5, 0.6) is 11.5 Å². The molecule has 2 aromatic heterocycles. The average Bonchev–Trinajstić information content (AvgIpc) is 3.25. The monoisotopic (exact) mass is 354 g/mol. The van der Waals surface area contributed by atoms with Crippen molar-refractivity contribution in [1.82, 2.24) is 20.1 Å². The molecule has 26 heavy (non-hydrogen) atoms. The van der Waals surface area contributed by atoms with Crippen LogP contribution in [0.3, 0.4) is 0 Å². The van der Waals surface area contributed by atoms with Crippen LogP contribution in [0, 0.1) is 5.82 Å². The Labute approximate surface area is 148 Å². The van der Waals surface area contributed by atoms with Crippen LogP contribution in [-0.4, -0.2) is 39.6 Å². The summed E-state index contributed by atoms with van der Waals surface area (Å²) in [5, 5.41) is 8.17. The van der Waals surface area contributed by atoms with E-state index in [0.29, 0.717) is 35.9 Å². The standard InChI is InChI=1S/C18H15FN4O3/c1-23-10-11(8-16(23)24)17-21-22-18(26-17)14-6-7-20-9-15(14)25-13-4-2-12(19)3-5-13/h2-7,9,11H,8,10H2,1H3. The first-order valence-corrected chi connectivity index (χ1v) is 8.05. The Morgan fingerprint density at radius 1 is 1.23 bits per heavy atom. The molecule has 0 radical (unpaired) electrons. The number of ether oxygens (including phenoxy) is 1. The molecule has 132 valence electrons. The predicted molar refractivity (Wildman–Crippen MR) is 89.0 cm³/mol. The number of carbonyl (C=O) groups excluding carboxylic acids is 1. The molecule has 3 heterocycles. The molecule has 0 spiro atoms. The molecule has 1 aliphatic heterocycles. The fourth-order valence-electron chi connectivity index (χ4n) is 2.80. The van der Waals surface area contributed by atoms with Crippen molar-refractivity contribution in [2.75, 3.05) is 13.6 Å². The molecule has 1 aliphatic rings. The van der Waals surface area contributed by atoms with Crippen LogP contribution >= 0.6 is 0 Å². The predicted octanol–water partition coefficient (Wildman–Crippen LogP) is 3.01. The van der Waals surface area contributed by atoms with Crippen LogP contribution in [0.25, 0.3) is 11.5 Å². The highest BCUT2D eigenvalue weighted by molar-refractivity contribution is 5.79. The van der Waals surface area contributed by atoms with Gasteiger partial charge in [0.25, 0.3) is 5.89 Å². The van der Waals surface area contributed by atoms with Gasteiger partial charge in [0.2, 0.25) is 11.8 Å². The molecule has 0 aliphatic carbocycles. The number of benzene rings is 1. The van der Waals surface area contributed by atoms with Crippen LogP contribution in [-0.2, 0) is 4.79 Å². The van der Waals surface area contributed by atoms with Crippen LogP contribution in [0.1, 0.15) is 18.2 Å². The zero-order chi connectivity index (χ0) is 18.1. The lowest BCUT2D eigenvalue weighted by molar-refractivity contribution is -0.126. The van der Waals surface area contributed by atoms with Crippen molar-refractivity contribution >= 4 is 5.91 Å². The van der Waals surface area contributed by atoms with E-state index in [0.717, 1.165) is 0 Å². The Kier molecular flexibility index (Phi) is 4.08. The molecule has 3 aromatic rings. The lowest BCUT2D eigenvalue weighted by Gasteiger charge is -2.08. The molecule has 0 bridgehead atoms. The topological polar surface area (TPSA) is 81.3 Å². The van der Waals surface area contributed by atoms with Crippen molar-refractivity contribution in [1.29, 1.82) is 0 Å². The number of rotatable bonds is 4. The van der Waals surface area contributed by atoms with Gasteiger partial charge in [0.15, 0.2) is 5.75 Å². The number of hydrogen-bond acceptors (Lipinski definition) is 6. The molecule has 1 fully saturated rings. The number of nitrogens with zero attached hydrogens (tertiary/aromatic N) is 4. The third kappa shape index (κ3) is 3.13. The van der Waals surface area contributed by atoms with Crippen LogP contribution in [0.15, 0.2) is 47.1 Å². The van der Waals surface area contributed by atoms with Gasteiger partial charge < -0.3 is 14.1 Å². The smallest absolute Gasteiger partial charge is 0.251 e. The van der Waals surface area contributed by atoms with Crippen LogP contribution in [0.4, 0.5) is 4.39 Å². The van der Waals surface area contributed by atoms with Crippen molar-refractivity contribution in [2.45, 2.75) is 12.3 Å². The maximum Gasteiger partial charge on any atom is 0.251 e. The van der Waals surface area contributed by atoms with Gasteiger partial charge in [-0.05, 0) is 30.3 Å². The number of hydrogen-bond donors (Lipinski definition) is 0. The Hall–Kier alpha value is -3.29. The molecule has 0 saturated carbocycles. The SMILES string of the molecule is CN1CC(c2nnc(-c3ccncc3Oc3ccc(F)cc3)o2)CC1=O. The summed E-state index contributed by atoms with van der Waals surface area (Å²) in [6.45, 7) is 0.551. The zero-order valence-corrected chi connectivity index (χ0v) is 13.9. The van der Waals surface area contributed by atoms with Gasteiger partial charge in [0.1, 0.15) is 11.6 Å². The van der Waals surface area contributed by atoms with Crippen LogP contribution in [0.2, 0.25) is 0 Å². The Bertz CT molecular complexity index is 942. The second kappa shape index (κ2) is 6.55. The number of carbonyl (C=O) groups is 1. The van der Waals surface area contributed by atoms with Crippen molar-refractivity contribution in [3.8, 4) is 23.0 Å². The third-order valence-corrected chi connectivity index (χ3v) is 4.19. The summed E-state index contributed by atoms with van der Waals surface area (Å²) in [7, 11) is 1.75. The van der Waals surface area contributed by atoms with E-state index in [-0.39, 0.29) is 23.5 Å². The van der Waals surface area contributed by atoms with E-state index in [1.807, 2.05) is 0 Å². The molecule has 1 atom stereocenters. The second-order valence-corrected chi connectivity index (χ2v) is 6.05. The first-order chi connectivity index (χ1) is 12.6. The number of aromatic nitrogens is 3. The molecule has 1 amide bonds. The summed E-state index contributed by atoms with van der Waals surface area (Å²) >= 11 is 0. The minimum Gasteiger partial charge on any atom is -0.455 e. The number of pyridine rings is 1. The summed E-state index contributed by atoms with van der Waals surface area (Å²) in [6, 6.07) is 7.35. The molecule has 4 rings (SSSR count). The molecular formula is C18H15FN4O3. The summed E-state index contributed by atoms with van der Waals surface area (Å²) in [4.78, 5) is 17.4. The first kappa shape index (κ1) is 16.2. The van der Waals surface area contributed by atoms with Crippen LogP contribution < -0.4 is 4.74 Å². The molecule has 0 N–H and O–H groups in total. The van der Waals surface area contributed by atoms with E-state index in [1.54, 1.807) is 24.2 Å². The molecule has 8 heteroatoms. The average molecular weight is 354 g/mol. The van der Waals surface area contributed by atoms with E-state index < -0.39 is 0 Å². The molecule has 1 unspecified atom stereocenters. The van der Waals surface area contributed by atoms with E-state index in [4.69, 9.17) is 9.15 Å². The second-order valence-electron chi connectivity index (χ2n) is 6.05. The highest BCUT2D eigenvalue weighted by atomic mass is 19.1. The molecule has 1 saturated heterocycles. The summed E-state index contributed by atoms with van der Waals surface area (Å²) in [5.41, 5.74) is 0.570. The Morgan fingerprint density at radius 3 is 2.77 bits per heavy atom. The minimum atomic E-state index is -0.346. The minimum absolute atomic E-state index is 0.0546. The summed E-state index contributed by atoms with van der Waals surface area (Å²) < 4.78 is 24.6. The fourth-order valence-corrected chi connectivity index (χ4v) is 2.80. The van der Waals surface area contributed by atoms with Gasteiger partial charge in [-0.1, -0.05) is 0 Å². The molecule has 1 aromatic carbocycles. The van der Waals surface area contributed by atoms with Gasteiger partial charge in [0, 0.05) is 26.2 Å². The van der Waals surface area contributed by atoms with Gasteiger partial charge in [0.05, 0.1) is 17.7 Å². The quantitative estimate of drug-likeness (QED) is 0.716. The fraction of sp³-hybridized carbons (Fsp3) is 0.222. The highest BCUT2D eigenvalue weighted by Crippen LogP contribution is 2.34. The third-order valence-electron chi connectivity index (χ3n) is 4.19. The number of likely N-dealkylation sites (N-methyl/N-ethyl adjacent to an activating group) is 1. The first-order valence-electron chi connectivity index (χ1n) is 8.05. The van der Waals surface area contributed by atoms with Crippen molar-refractivity contribution in [2.24, 2.45) is 0 Å². The Morgan fingerprint density at radius 2 is 2.04 bits per heavy atom. The maximum absolute atomic E-state index is 13.0. The van der Waals surface area contributed by atoms with Crippen molar-refractivity contribution in [3.05, 3.63) is 54.4 Å². The van der Waals surface area contributed by atoms with Gasteiger partial charge in [-0.3, -0.25) is 9.78 Å². The zero-order valence-electron chi connectivity index (χ0n) is 13.9. The van der Waals surface area contributed by atoms with Gasteiger partial charge >= 0.3 is 0 Å². The van der Waals surface area contributed by atoms with E-state index in [1.165, 1.54) is 30.5 Å². The largest absolute Gasteiger partial charge is 0.455 e.